The van der Waals surface area contributed by atoms with E-state index in [-0.39, 0.29) is 23.1 Å². The van der Waals surface area contributed by atoms with Crippen LogP contribution in [0.25, 0.3) is 22.1 Å². The van der Waals surface area contributed by atoms with Crippen LogP contribution in [0.2, 0.25) is 0 Å². The van der Waals surface area contributed by atoms with Crippen LogP contribution in [-0.2, 0) is 16.1 Å². The van der Waals surface area contributed by atoms with Crippen LogP contribution in [-0.4, -0.2) is 72.3 Å². The highest BCUT2D eigenvalue weighted by Crippen LogP contribution is 2.30. The smallest absolute Gasteiger partial charge is 0.236 e. The maximum Gasteiger partial charge on any atom is 0.236 e. The molecule has 0 saturated carbocycles. The van der Waals surface area contributed by atoms with Crippen molar-refractivity contribution >= 4 is 45.6 Å². The molecule has 1 saturated heterocycles. The van der Waals surface area contributed by atoms with Gasteiger partial charge in [0, 0.05) is 44.5 Å². The molecule has 0 aliphatic carbocycles. The van der Waals surface area contributed by atoms with E-state index in [9.17, 15) is 9.59 Å². The molecule has 1 fully saturated rings. The van der Waals surface area contributed by atoms with E-state index in [1.165, 1.54) is 22.9 Å². The van der Waals surface area contributed by atoms with Crippen molar-refractivity contribution in [3.05, 3.63) is 59.7 Å². The predicted octanol–water partition coefficient (Wildman–Crippen LogP) is 4.29. The third-order valence-corrected chi connectivity index (χ3v) is 8.39. The van der Waals surface area contributed by atoms with E-state index in [1.54, 1.807) is 6.92 Å². The molecule has 8 nitrogen and oxygen atoms in total. The molecule has 2 aromatic heterocycles. The van der Waals surface area contributed by atoms with Gasteiger partial charge in [-0.15, -0.1) is 10.2 Å². The number of fused-ring (bicyclic) bond motifs is 3. The maximum absolute atomic E-state index is 13.4. The molecule has 1 aliphatic rings. The summed E-state index contributed by atoms with van der Waals surface area (Å²) in [7, 11) is 0. The molecule has 1 aliphatic heterocycles. The van der Waals surface area contributed by atoms with E-state index in [0.29, 0.717) is 37.8 Å². The molecular formula is C28H32N6O2S. The molecule has 37 heavy (non-hydrogen) atoms. The Hall–Kier alpha value is -3.46. The fourth-order valence-corrected chi connectivity index (χ4v) is 6.02. The summed E-state index contributed by atoms with van der Waals surface area (Å²) in [6, 6.07) is 16.5. The van der Waals surface area contributed by atoms with Gasteiger partial charge in [-0.2, -0.15) is 0 Å². The van der Waals surface area contributed by atoms with E-state index < -0.39 is 0 Å². The number of benzene rings is 2. The first-order chi connectivity index (χ1) is 17.9. The highest BCUT2D eigenvalue weighted by Gasteiger charge is 2.32. The Balaban J connectivity index is 1.44. The monoisotopic (exact) mass is 516 g/mol. The Morgan fingerprint density at radius 2 is 1.84 bits per heavy atom. The lowest BCUT2D eigenvalue weighted by atomic mass is 10.1. The fraction of sp³-hybridized carbons (Fsp3) is 0.393. The summed E-state index contributed by atoms with van der Waals surface area (Å²) in [5, 5.41) is 10.2. The zero-order valence-electron chi connectivity index (χ0n) is 21.7. The number of hydrogen-bond donors (Lipinski definition) is 0. The van der Waals surface area contributed by atoms with Crippen LogP contribution in [0, 0.1) is 6.92 Å². The van der Waals surface area contributed by atoms with Crippen LogP contribution in [0.5, 0.6) is 0 Å². The van der Waals surface area contributed by atoms with Crippen LogP contribution in [0.15, 0.2) is 53.7 Å². The molecule has 0 N–H and O–H groups in total. The third kappa shape index (κ3) is 4.92. The lowest BCUT2D eigenvalue weighted by Crippen LogP contribution is -2.56. The Labute approximate surface area is 221 Å². The lowest BCUT2D eigenvalue weighted by Gasteiger charge is -2.40. The Morgan fingerprint density at radius 3 is 2.57 bits per heavy atom. The first-order valence-corrected chi connectivity index (χ1v) is 13.6. The molecule has 2 amide bonds. The molecule has 0 bridgehead atoms. The van der Waals surface area contributed by atoms with Crippen molar-refractivity contribution < 1.29 is 9.59 Å². The molecule has 4 aromatic rings. The number of amides is 2. The topological polar surface area (TPSA) is 84.2 Å². The molecule has 0 radical (unpaired) electrons. The van der Waals surface area contributed by atoms with Gasteiger partial charge in [-0.25, -0.2) is 4.98 Å². The van der Waals surface area contributed by atoms with Crippen LogP contribution in [0.1, 0.15) is 38.3 Å². The quantitative estimate of drug-likeness (QED) is 0.356. The van der Waals surface area contributed by atoms with E-state index in [1.807, 2.05) is 41.8 Å². The lowest BCUT2D eigenvalue weighted by molar-refractivity contribution is -0.140. The van der Waals surface area contributed by atoms with Crippen LogP contribution >= 0.6 is 11.8 Å². The number of piperazine rings is 1. The van der Waals surface area contributed by atoms with Gasteiger partial charge in [0.1, 0.15) is 5.52 Å². The van der Waals surface area contributed by atoms with Gasteiger partial charge in [0.2, 0.25) is 17.0 Å². The minimum atomic E-state index is -0.315. The number of carbonyl (C=O) groups is 2. The average Bonchev–Trinajstić information content (AvgIpc) is 3.20. The molecule has 5 rings (SSSR count). The van der Waals surface area contributed by atoms with Gasteiger partial charge in [0.15, 0.2) is 5.65 Å². The summed E-state index contributed by atoms with van der Waals surface area (Å²) >= 11 is 1.37. The van der Waals surface area contributed by atoms with Crippen LogP contribution < -0.4 is 0 Å². The van der Waals surface area contributed by atoms with E-state index >= 15 is 0 Å². The fourth-order valence-electron chi connectivity index (χ4n) is 5.12. The summed E-state index contributed by atoms with van der Waals surface area (Å²) in [5.41, 5.74) is 5.04. The van der Waals surface area contributed by atoms with Gasteiger partial charge in [0.05, 0.1) is 10.8 Å². The van der Waals surface area contributed by atoms with E-state index in [0.717, 1.165) is 22.1 Å². The van der Waals surface area contributed by atoms with Gasteiger partial charge in [-0.1, -0.05) is 61.2 Å². The Bertz CT molecular complexity index is 1470. The molecular weight excluding hydrogens is 484 g/mol. The van der Waals surface area contributed by atoms with E-state index in [2.05, 4.69) is 52.0 Å². The SMILES string of the molecule is CCC(Sc1nnc2c3ccccc3n(Cc3ccccc3C)c2n1)C(=O)N1CCN(C(C)=O)C(C)C1. The number of para-hydroxylation sites is 1. The zero-order valence-corrected chi connectivity index (χ0v) is 22.5. The highest BCUT2D eigenvalue weighted by atomic mass is 32.2. The van der Waals surface area contributed by atoms with Gasteiger partial charge < -0.3 is 14.4 Å². The second-order valence-electron chi connectivity index (χ2n) is 9.66. The summed E-state index contributed by atoms with van der Waals surface area (Å²) in [4.78, 5) is 33.9. The molecule has 2 aromatic carbocycles. The highest BCUT2D eigenvalue weighted by molar-refractivity contribution is 8.00. The number of carbonyl (C=O) groups excluding carboxylic acids is 2. The number of hydrogen-bond acceptors (Lipinski definition) is 6. The van der Waals surface area contributed by atoms with Crippen molar-refractivity contribution in [3.63, 3.8) is 0 Å². The largest absolute Gasteiger partial charge is 0.338 e. The first-order valence-electron chi connectivity index (χ1n) is 12.8. The number of aromatic nitrogens is 4. The van der Waals surface area contributed by atoms with E-state index in [4.69, 9.17) is 4.98 Å². The summed E-state index contributed by atoms with van der Waals surface area (Å²) in [6.07, 6.45) is 0.651. The van der Waals surface area contributed by atoms with Crippen molar-refractivity contribution in [1.29, 1.82) is 0 Å². The summed E-state index contributed by atoms with van der Waals surface area (Å²) in [6.45, 7) is 10.0. The predicted molar refractivity (Wildman–Crippen MR) is 146 cm³/mol. The van der Waals surface area contributed by atoms with Crippen molar-refractivity contribution in [1.82, 2.24) is 29.5 Å². The van der Waals surface area contributed by atoms with Gasteiger partial charge in [-0.05, 0) is 37.5 Å². The second kappa shape index (κ2) is 10.5. The first kappa shape index (κ1) is 25.2. The summed E-state index contributed by atoms with van der Waals surface area (Å²) in [5.74, 6) is 0.113. The number of nitrogens with zero attached hydrogens (tertiary/aromatic N) is 6. The standard InChI is InChI=1S/C28H32N6O2S/c1-5-24(27(36)32-14-15-33(20(4)35)19(3)16-32)37-28-29-26-25(30-31-28)22-12-8-9-13-23(22)34(26)17-21-11-7-6-10-18(21)2/h6-13,19,24H,5,14-17H2,1-4H3. The van der Waals surface area contributed by atoms with Gasteiger partial charge >= 0.3 is 0 Å². The second-order valence-corrected chi connectivity index (χ2v) is 10.8. The minimum Gasteiger partial charge on any atom is -0.338 e. The molecule has 2 atom stereocenters. The molecule has 192 valence electrons. The van der Waals surface area contributed by atoms with Crippen molar-refractivity contribution in [2.75, 3.05) is 19.6 Å². The molecule has 0 spiro atoms. The molecule has 3 heterocycles. The van der Waals surface area contributed by atoms with Gasteiger partial charge in [-0.3, -0.25) is 9.59 Å². The Morgan fingerprint density at radius 1 is 1.08 bits per heavy atom. The summed E-state index contributed by atoms with van der Waals surface area (Å²) < 4.78 is 2.19. The van der Waals surface area contributed by atoms with Crippen molar-refractivity contribution in [2.45, 2.75) is 57.1 Å². The normalized spacial score (nSPS) is 16.9. The van der Waals surface area contributed by atoms with Crippen LogP contribution in [0.3, 0.4) is 0 Å². The van der Waals surface area contributed by atoms with Crippen LogP contribution in [0.4, 0.5) is 0 Å². The molecule has 9 heteroatoms. The Kier molecular flexibility index (Phi) is 7.15. The number of rotatable bonds is 6. The number of aryl methyl sites for hydroxylation is 1. The average molecular weight is 517 g/mol. The molecule has 2 unspecified atom stereocenters. The van der Waals surface area contributed by atoms with Crippen molar-refractivity contribution in [3.8, 4) is 0 Å². The maximum atomic E-state index is 13.4. The van der Waals surface area contributed by atoms with Crippen molar-refractivity contribution in [2.24, 2.45) is 0 Å². The van der Waals surface area contributed by atoms with Gasteiger partial charge in [0.25, 0.3) is 0 Å². The third-order valence-electron chi connectivity index (χ3n) is 7.18. The zero-order chi connectivity index (χ0) is 26.1. The number of thioether (sulfide) groups is 1. The minimum absolute atomic E-state index is 0.00382.